The molecule has 0 aromatic carbocycles. The van der Waals surface area contributed by atoms with E-state index in [1.807, 2.05) is 0 Å². The highest BCUT2D eigenvalue weighted by Crippen LogP contribution is 2.42. The minimum Gasteiger partial charge on any atom is -0.463 e. The first-order valence-corrected chi connectivity index (χ1v) is 23.1. The molecule has 0 aliphatic heterocycles. The number of carbonyl (C=O) groups excluding carboxylic acids is 2. The van der Waals surface area contributed by atoms with E-state index in [-0.39, 0.29) is 32.1 Å². The molecule has 2 unspecified atom stereocenters. The van der Waals surface area contributed by atoms with Crippen molar-refractivity contribution in [2.45, 2.75) is 193 Å². The fraction of sp³-hybridized carbons (Fsp3) is 0.773. The minimum atomic E-state index is -4.42. The highest BCUT2D eigenvalue weighted by atomic mass is 31.2. The zero-order valence-corrected chi connectivity index (χ0v) is 35.3. The molecule has 10 heteroatoms. The van der Waals surface area contributed by atoms with Crippen LogP contribution < -0.4 is 5.32 Å². The van der Waals surface area contributed by atoms with Crippen LogP contribution in [0.4, 0.5) is 0 Å². The molecule has 3 N–H and O–H groups in total. The van der Waals surface area contributed by atoms with Gasteiger partial charge in [-0.2, -0.15) is 0 Å². The van der Waals surface area contributed by atoms with Gasteiger partial charge in [0.1, 0.15) is 12.7 Å². The molecule has 0 aliphatic rings. The number of esters is 1. The molecule has 0 spiro atoms. The second-order valence-corrected chi connectivity index (χ2v) is 15.8. The van der Waals surface area contributed by atoms with Gasteiger partial charge in [0.15, 0.2) is 0 Å². The zero-order valence-electron chi connectivity index (χ0n) is 34.4. The Balaban J connectivity index is 3.64. The van der Waals surface area contributed by atoms with Crippen LogP contribution in [0.2, 0.25) is 0 Å². The number of aliphatic hydroxyl groups is 1. The lowest BCUT2D eigenvalue weighted by atomic mass is 10.1. The number of allylic oxidation sites excluding steroid dienone is 8. The molecule has 9 nitrogen and oxygen atoms in total. The first kappa shape index (κ1) is 52.0. The number of rotatable bonds is 40. The van der Waals surface area contributed by atoms with Crippen molar-refractivity contribution in [2.24, 2.45) is 0 Å². The Morgan fingerprint density at radius 3 is 1.52 bits per heavy atom. The van der Waals surface area contributed by atoms with Crippen molar-refractivity contribution in [3.63, 3.8) is 0 Å². The average molecular weight is 782 g/mol. The van der Waals surface area contributed by atoms with E-state index in [1.54, 1.807) is 0 Å². The number of phosphoric ester groups is 1. The summed E-state index contributed by atoms with van der Waals surface area (Å²) in [6.45, 7) is 3.48. The summed E-state index contributed by atoms with van der Waals surface area (Å²) in [4.78, 5) is 33.9. The molecule has 0 radical (unpaired) electrons. The normalized spacial score (nSPS) is 13.8. The number of nitrogens with one attached hydrogen (secondary N) is 1. The second-order valence-electron chi connectivity index (χ2n) is 14.3. The lowest BCUT2D eigenvalue weighted by Gasteiger charge is -2.15. The van der Waals surface area contributed by atoms with Gasteiger partial charge in [-0.3, -0.25) is 18.6 Å². The van der Waals surface area contributed by atoms with Gasteiger partial charge >= 0.3 is 13.8 Å². The maximum Gasteiger partial charge on any atom is 0.472 e. The van der Waals surface area contributed by atoms with Gasteiger partial charge in [-0.1, -0.05) is 146 Å². The summed E-state index contributed by atoms with van der Waals surface area (Å²) in [7, 11) is -4.42. The smallest absolute Gasteiger partial charge is 0.463 e. The molecule has 0 rings (SSSR count). The highest BCUT2D eigenvalue weighted by molar-refractivity contribution is 7.47. The monoisotopic (exact) mass is 782 g/mol. The topological polar surface area (TPSA) is 131 Å². The fourth-order valence-corrected chi connectivity index (χ4v) is 6.43. The maximum absolute atomic E-state index is 12.1. The molecule has 0 bridgehead atoms. The molecular weight excluding hydrogens is 701 g/mol. The van der Waals surface area contributed by atoms with Crippen LogP contribution in [-0.2, 0) is 27.9 Å². The predicted octanol–water partition coefficient (Wildman–Crippen LogP) is 11.9. The Morgan fingerprint density at radius 1 is 0.574 bits per heavy atom. The molecule has 2 atom stereocenters. The van der Waals surface area contributed by atoms with Crippen LogP contribution in [0.5, 0.6) is 0 Å². The predicted molar refractivity (Wildman–Crippen MR) is 224 cm³/mol. The first-order valence-electron chi connectivity index (χ1n) is 21.6. The quantitative estimate of drug-likeness (QED) is 0.0242. The fourth-order valence-electron chi connectivity index (χ4n) is 5.67. The van der Waals surface area contributed by atoms with E-state index in [0.29, 0.717) is 6.42 Å². The van der Waals surface area contributed by atoms with Gasteiger partial charge in [-0.05, 0) is 77.0 Å². The van der Waals surface area contributed by atoms with Crippen molar-refractivity contribution in [1.82, 2.24) is 5.32 Å². The van der Waals surface area contributed by atoms with Crippen molar-refractivity contribution in [1.29, 1.82) is 0 Å². The lowest BCUT2D eigenvalue weighted by molar-refractivity contribution is -0.147. The summed E-state index contributed by atoms with van der Waals surface area (Å²) >= 11 is 0. The first-order chi connectivity index (χ1) is 26.3. The molecule has 0 aliphatic carbocycles. The number of unbranched alkanes of at least 4 members (excludes halogenated alkanes) is 19. The summed E-state index contributed by atoms with van der Waals surface area (Å²) in [5.41, 5.74) is 0. The van der Waals surface area contributed by atoms with E-state index in [2.05, 4.69) is 67.8 Å². The molecular formula is C44H80NO8P. The average Bonchev–Trinajstić information content (AvgIpc) is 3.16. The Hall–Kier alpha value is -2.03. The van der Waals surface area contributed by atoms with Crippen LogP contribution in [0.25, 0.3) is 0 Å². The van der Waals surface area contributed by atoms with E-state index in [1.165, 1.54) is 83.5 Å². The van der Waals surface area contributed by atoms with Crippen LogP contribution in [0.1, 0.15) is 187 Å². The minimum absolute atomic E-state index is 0.0742. The number of aliphatic hydroxyl groups excluding tert-OH is 1. The Labute approximate surface area is 330 Å². The number of ether oxygens (including phenoxy) is 1. The number of phosphoric acid groups is 1. The van der Waals surface area contributed by atoms with Gasteiger partial charge < -0.3 is 20.1 Å². The van der Waals surface area contributed by atoms with E-state index in [0.717, 1.165) is 77.0 Å². The van der Waals surface area contributed by atoms with Crippen molar-refractivity contribution in [3.05, 3.63) is 48.6 Å². The highest BCUT2D eigenvalue weighted by Gasteiger charge is 2.23. The SMILES string of the molecule is CCCCC/C=C\C/C=C\CCCCCCCCCC(=O)NCCOP(=O)(O)OCC(O)COC(=O)CCCCCCC/C=C\C/C=C\CCCCCC. The van der Waals surface area contributed by atoms with Crippen molar-refractivity contribution in [2.75, 3.05) is 26.4 Å². The van der Waals surface area contributed by atoms with Crippen LogP contribution in [0.3, 0.4) is 0 Å². The number of hydrogen-bond acceptors (Lipinski definition) is 7. The van der Waals surface area contributed by atoms with E-state index >= 15 is 0 Å². The van der Waals surface area contributed by atoms with Gasteiger partial charge in [0.2, 0.25) is 5.91 Å². The second kappa shape index (κ2) is 40.6. The molecule has 0 aromatic heterocycles. The molecule has 0 fully saturated rings. The standard InChI is InChI=1S/C44H80NO8P/c1-3-5-7-9-11-13-15-17-19-21-22-24-26-28-30-32-34-36-43(47)45-38-39-52-54(49,50)53-41-42(46)40-51-44(48)37-35-33-31-29-27-25-23-20-18-16-14-12-10-8-6-4-2/h11,13-14,16-17,19-20,23,42,46H,3-10,12,15,18,21-22,24-41H2,1-2H3,(H,45,47)(H,49,50)/b13-11-,16-14-,19-17-,23-20-. The van der Waals surface area contributed by atoms with Crippen LogP contribution in [0, 0.1) is 0 Å². The van der Waals surface area contributed by atoms with E-state index < -0.39 is 26.5 Å². The zero-order chi connectivity index (χ0) is 39.6. The van der Waals surface area contributed by atoms with Crippen LogP contribution >= 0.6 is 7.82 Å². The Kier molecular flexibility index (Phi) is 39.1. The lowest BCUT2D eigenvalue weighted by Crippen LogP contribution is -2.27. The van der Waals surface area contributed by atoms with Gasteiger partial charge in [-0.25, -0.2) is 4.57 Å². The largest absolute Gasteiger partial charge is 0.472 e. The molecule has 54 heavy (non-hydrogen) atoms. The molecule has 0 saturated carbocycles. The third-order valence-corrected chi connectivity index (χ3v) is 9.97. The summed E-state index contributed by atoms with van der Waals surface area (Å²) in [6.07, 6.45) is 46.0. The van der Waals surface area contributed by atoms with E-state index in [9.17, 15) is 24.2 Å². The van der Waals surface area contributed by atoms with Crippen molar-refractivity contribution < 1.29 is 37.9 Å². The molecule has 0 saturated heterocycles. The summed E-state index contributed by atoms with van der Waals surface area (Å²) in [6, 6.07) is 0. The third-order valence-electron chi connectivity index (χ3n) is 8.98. The number of hydrogen-bond donors (Lipinski definition) is 3. The molecule has 0 aromatic rings. The van der Waals surface area contributed by atoms with E-state index in [4.69, 9.17) is 13.8 Å². The van der Waals surface area contributed by atoms with Crippen molar-refractivity contribution in [3.8, 4) is 0 Å². The van der Waals surface area contributed by atoms with Gasteiger partial charge in [0.05, 0.1) is 13.2 Å². The molecule has 1 amide bonds. The van der Waals surface area contributed by atoms with Gasteiger partial charge in [-0.15, -0.1) is 0 Å². The molecule has 0 heterocycles. The Morgan fingerprint density at radius 2 is 1.00 bits per heavy atom. The van der Waals surface area contributed by atoms with Gasteiger partial charge in [0.25, 0.3) is 0 Å². The van der Waals surface area contributed by atoms with Crippen LogP contribution in [0.15, 0.2) is 48.6 Å². The number of amides is 1. The third kappa shape index (κ3) is 41.1. The summed E-state index contributed by atoms with van der Waals surface area (Å²) in [5, 5.41) is 12.7. The van der Waals surface area contributed by atoms with Gasteiger partial charge in [0, 0.05) is 19.4 Å². The summed E-state index contributed by atoms with van der Waals surface area (Å²) in [5.74, 6) is -0.539. The van der Waals surface area contributed by atoms with Crippen LogP contribution in [-0.4, -0.2) is 54.3 Å². The molecule has 314 valence electrons. The number of carbonyl (C=O) groups is 2. The maximum atomic E-state index is 12.1. The van der Waals surface area contributed by atoms with Crippen molar-refractivity contribution >= 4 is 19.7 Å². The summed E-state index contributed by atoms with van der Waals surface area (Å²) < 4.78 is 26.8. The Bertz CT molecular complexity index is 1030.